The van der Waals surface area contributed by atoms with Gasteiger partial charge < -0.3 is 10.1 Å². The summed E-state index contributed by atoms with van der Waals surface area (Å²) in [7, 11) is 0. The molecule has 4 N–H and O–H groups in total. The molecular formula is C12H15BrN6O. The van der Waals surface area contributed by atoms with Crippen molar-refractivity contribution in [1.82, 2.24) is 15.0 Å². The third-order valence-electron chi connectivity index (χ3n) is 2.28. The molecule has 2 aromatic rings. The molecule has 0 bridgehead atoms. The molecule has 0 atom stereocenters. The predicted octanol–water partition coefficient (Wildman–Crippen LogP) is 2.45. The molecule has 0 saturated heterocycles. The Labute approximate surface area is 125 Å². The van der Waals surface area contributed by atoms with E-state index in [1.54, 1.807) is 0 Å². The van der Waals surface area contributed by atoms with Gasteiger partial charge in [-0.15, -0.1) is 0 Å². The molecule has 2 rings (SSSR count). The summed E-state index contributed by atoms with van der Waals surface area (Å²) in [5.74, 6) is 5.94. The molecule has 8 heteroatoms. The molecular weight excluding hydrogens is 324 g/mol. The second-order valence-electron chi connectivity index (χ2n) is 3.89. The highest BCUT2D eigenvalue weighted by Crippen LogP contribution is 2.18. The van der Waals surface area contributed by atoms with Gasteiger partial charge in [0.05, 0.1) is 6.61 Å². The molecule has 0 spiro atoms. The summed E-state index contributed by atoms with van der Waals surface area (Å²) in [6.07, 6.45) is 0.868. The van der Waals surface area contributed by atoms with Crippen LogP contribution in [-0.2, 0) is 0 Å². The Balaban J connectivity index is 2.19. The van der Waals surface area contributed by atoms with Gasteiger partial charge in [0.1, 0.15) is 0 Å². The third kappa shape index (κ3) is 4.04. The quantitative estimate of drug-likeness (QED) is 0.549. The normalized spacial score (nSPS) is 10.2. The van der Waals surface area contributed by atoms with Gasteiger partial charge in [-0.1, -0.05) is 22.9 Å². The largest absolute Gasteiger partial charge is 0.463 e. The maximum Gasteiger partial charge on any atom is 0.323 e. The lowest BCUT2D eigenvalue weighted by Crippen LogP contribution is -2.13. The molecule has 1 aromatic heterocycles. The molecule has 0 amide bonds. The van der Waals surface area contributed by atoms with Crippen LogP contribution >= 0.6 is 15.9 Å². The number of hydrogen-bond donors (Lipinski definition) is 3. The fourth-order valence-electron chi connectivity index (χ4n) is 1.40. The number of nitrogen functional groups attached to an aromatic ring is 1. The van der Waals surface area contributed by atoms with Gasteiger partial charge in [0, 0.05) is 10.2 Å². The van der Waals surface area contributed by atoms with Gasteiger partial charge in [-0.25, -0.2) is 5.84 Å². The van der Waals surface area contributed by atoms with E-state index in [-0.39, 0.29) is 12.0 Å². The molecule has 0 unspecified atom stereocenters. The number of anilines is 3. The topological polar surface area (TPSA) is 98.0 Å². The number of nitrogens with one attached hydrogen (secondary N) is 2. The van der Waals surface area contributed by atoms with Crippen LogP contribution in [0.2, 0.25) is 0 Å². The van der Waals surface area contributed by atoms with E-state index in [0.717, 1.165) is 16.6 Å². The van der Waals surface area contributed by atoms with Gasteiger partial charge in [-0.2, -0.15) is 15.0 Å². The minimum atomic E-state index is 0.231. The first-order chi connectivity index (χ1) is 9.71. The minimum absolute atomic E-state index is 0.231. The number of halogens is 1. The van der Waals surface area contributed by atoms with Gasteiger partial charge in [-0.3, -0.25) is 5.43 Å². The number of rotatable bonds is 6. The number of benzene rings is 1. The van der Waals surface area contributed by atoms with Crippen LogP contribution in [0.1, 0.15) is 13.3 Å². The summed E-state index contributed by atoms with van der Waals surface area (Å²) >= 11 is 3.38. The highest BCUT2D eigenvalue weighted by molar-refractivity contribution is 9.10. The van der Waals surface area contributed by atoms with Crippen molar-refractivity contribution >= 4 is 33.5 Å². The zero-order chi connectivity index (χ0) is 14.4. The van der Waals surface area contributed by atoms with Gasteiger partial charge in [0.15, 0.2) is 0 Å². The Hall–Kier alpha value is -1.93. The standard InChI is InChI=1S/C12H15BrN6O/c1-2-7-20-12-17-10(16-11(18-12)19-14)15-9-5-3-8(13)4-6-9/h3-6H,2,7,14H2,1H3,(H2,15,16,17,18,19). The minimum Gasteiger partial charge on any atom is -0.463 e. The highest BCUT2D eigenvalue weighted by atomic mass is 79.9. The predicted molar refractivity (Wildman–Crippen MR) is 80.8 cm³/mol. The highest BCUT2D eigenvalue weighted by Gasteiger charge is 2.07. The number of aromatic nitrogens is 3. The van der Waals surface area contributed by atoms with Crippen molar-refractivity contribution in [2.45, 2.75) is 13.3 Å². The summed E-state index contributed by atoms with van der Waals surface area (Å²) in [5.41, 5.74) is 3.24. The lowest BCUT2D eigenvalue weighted by Gasteiger charge is -2.09. The Bertz CT molecular complexity index is 562. The zero-order valence-electron chi connectivity index (χ0n) is 10.9. The second kappa shape index (κ2) is 7.01. The molecule has 0 aliphatic heterocycles. The first kappa shape index (κ1) is 14.5. The molecule has 0 radical (unpaired) electrons. The van der Waals surface area contributed by atoms with Gasteiger partial charge in [0.25, 0.3) is 0 Å². The van der Waals surface area contributed by atoms with E-state index in [4.69, 9.17) is 10.6 Å². The van der Waals surface area contributed by atoms with Crippen LogP contribution in [0.4, 0.5) is 17.6 Å². The number of hydrazine groups is 1. The molecule has 7 nitrogen and oxygen atoms in total. The van der Waals surface area contributed by atoms with Crippen LogP contribution in [-0.4, -0.2) is 21.6 Å². The van der Waals surface area contributed by atoms with Crippen molar-refractivity contribution in [3.63, 3.8) is 0 Å². The molecule has 1 aromatic carbocycles. The van der Waals surface area contributed by atoms with Crippen molar-refractivity contribution in [2.24, 2.45) is 5.84 Å². The van der Waals surface area contributed by atoms with E-state index in [0.29, 0.717) is 12.6 Å². The monoisotopic (exact) mass is 338 g/mol. The average Bonchev–Trinajstić information content (AvgIpc) is 2.47. The van der Waals surface area contributed by atoms with Crippen LogP contribution in [0.5, 0.6) is 6.01 Å². The van der Waals surface area contributed by atoms with E-state index in [1.165, 1.54) is 0 Å². The van der Waals surface area contributed by atoms with Crippen molar-refractivity contribution in [3.05, 3.63) is 28.7 Å². The smallest absolute Gasteiger partial charge is 0.323 e. The lowest BCUT2D eigenvalue weighted by atomic mass is 10.3. The molecule has 106 valence electrons. The van der Waals surface area contributed by atoms with Gasteiger partial charge in [-0.05, 0) is 30.7 Å². The third-order valence-corrected chi connectivity index (χ3v) is 2.81. The molecule has 20 heavy (non-hydrogen) atoms. The Morgan fingerprint density at radius 3 is 2.50 bits per heavy atom. The van der Waals surface area contributed by atoms with E-state index >= 15 is 0 Å². The van der Waals surface area contributed by atoms with Crippen LogP contribution in [0.15, 0.2) is 28.7 Å². The summed E-state index contributed by atoms with van der Waals surface area (Å²) in [6, 6.07) is 7.86. The second-order valence-corrected chi connectivity index (χ2v) is 4.81. The van der Waals surface area contributed by atoms with Crippen LogP contribution in [0.25, 0.3) is 0 Å². The number of nitrogens with zero attached hydrogens (tertiary/aromatic N) is 3. The first-order valence-electron chi connectivity index (χ1n) is 6.09. The zero-order valence-corrected chi connectivity index (χ0v) is 12.5. The SMILES string of the molecule is CCCOc1nc(NN)nc(Nc2ccc(Br)cc2)n1. The molecule has 0 aliphatic rings. The summed E-state index contributed by atoms with van der Waals surface area (Å²) in [5, 5.41) is 3.06. The summed E-state index contributed by atoms with van der Waals surface area (Å²) in [4.78, 5) is 12.3. The number of nitrogens with two attached hydrogens (primary N) is 1. The lowest BCUT2D eigenvalue weighted by molar-refractivity contribution is 0.292. The fraction of sp³-hybridized carbons (Fsp3) is 0.250. The van der Waals surface area contributed by atoms with Crippen molar-refractivity contribution < 1.29 is 4.74 Å². The van der Waals surface area contributed by atoms with Crippen LogP contribution in [0, 0.1) is 0 Å². The molecule has 1 heterocycles. The van der Waals surface area contributed by atoms with E-state index < -0.39 is 0 Å². The summed E-state index contributed by atoms with van der Waals surface area (Å²) < 4.78 is 6.39. The number of hydrogen-bond acceptors (Lipinski definition) is 7. The Kier molecular flexibility index (Phi) is 5.08. The molecule has 0 aliphatic carbocycles. The Morgan fingerprint density at radius 1 is 1.15 bits per heavy atom. The van der Waals surface area contributed by atoms with Crippen molar-refractivity contribution in [2.75, 3.05) is 17.3 Å². The number of ether oxygens (including phenoxy) is 1. The van der Waals surface area contributed by atoms with E-state index in [2.05, 4.69) is 41.6 Å². The van der Waals surface area contributed by atoms with Crippen LogP contribution in [0.3, 0.4) is 0 Å². The summed E-state index contributed by atoms with van der Waals surface area (Å²) in [6.45, 7) is 2.54. The van der Waals surface area contributed by atoms with Crippen molar-refractivity contribution in [1.29, 1.82) is 0 Å². The van der Waals surface area contributed by atoms with Crippen LogP contribution < -0.4 is 21.3 Å². The molecule has 0 saturated carbocycles. The average molecular weight is 339 g/mol. The fourth-order valence-corrected chi connectivity index (χ4v) is 1.66. The molecule has 0 fully saturated rings. The van der Waals surface area contributed by atoms with Crippen molar-refractivity contribution in [3.8, 4) is 6.01 Å². The maximum absolute atomic E-state index is 5.39. The van der Waals surface area contributed by atoms with E-state index in [9.17, 15) is 0 Å². The van der Waals surface area contributed by atoms with Gasteiger partial charge in [0.2, 0.25) is 11.9 Å². The first-order valence-corrected chi connectivity index (χ1v) is 6.88. The Morgan fingerprint density at radius 2 is 1.85 bits per heavy atom. The van der Waals surface area contributed by atoms with E-state index in [1.807, 2.05) is 31.2 Å². The maximum atomic E-state index is 5.39. The van der Waals surface area contributed by atoms with Gasteiger partial charge >= 0.3 is 6.01 Å².